The number of carbonyl (C=O) groups excluding carboxylic acids is 1. The second-order valence-corrected chi connectivity index (χ2v) is 7.61. The van der Waals surface area contributed by atoms with Gasteiger partial charge >= 0.3 is 6.18 Å². The molecule has 0 saturated carbocycles. The third-order valence-corrected chi connectivity index (χ3v) is 4.78. The van der Waals surface area contributed by atoms with E-state index in [0.717, 1.165) is 12.1 Å². The number of amides is 1. The van der Waals surface area contributed by atoms with Crippen LogP contribution in [0.3, 0.4) is 0 Å². The van der Waals surface area contributed by atoms with Crippen molar-refractivity contribution in [2.24, 2.45) is 0 Å². The number of anilines is 1. The van der Waals surface area contributed by atoms with Crippen molar-refractivity contribution in [3.8, 4) is 0 Å². The van der Waals surface area contributed by atoms with Crippen LogP contribution in [0.2, 0.25) is 5.02 Å². The molecular formula is C19H19BrClF3N2O3. The summed E-state index contributed by atoms with van der Waals surface area (Å²) in [4.78, 5) is 13.8. The highest BCUT2D eigenvalue weighted by Gasteiger charge is 2.34. The first-order valence-electron chi connectivity index (χ1n) is 8.53. The Morgan fingerprint density at radius 1 is 1.21 bits per heavy atom. The number of aliphatic hydroxyl groups excluding tert-OH is 2. The monoisotopic (exact) mass is 494 g/mol. The predicted molar refractivity (Wildman–Crippen MR) is 108 cm³/mol. The summed E-state index contributed by atoms with van der Waals surface area (Å²) in [5, 5.41) is 22.3. The van der Waals surface area contributed by atoms with E-state index in [4.69, 9.17) is 11.6 Å². The number of halogens is 5. The van der Waals surface area contributed by atoms with E-state index in [1.807, 2.05) is 0 Å². The molecule has 10 heteroatoms. The van der Waals surface area contributed by atoms with E-state index >= 15 is 0 Å². The molecule has 158 valence electrons. The summed E-state index contributed by atoms with van der Waals surface area (Å²) in [5.74, 6) is -0.699. The Morgan fingerprint density at radius 2 is 1.86 bits per heavy atom. The van der Waals surface area contributed by atoms with Crippen LogP contribution in [-0.4, -0.2) is 47.3 Å². The highest BCUT2D eigenvalue weighted by atomic mass is 79.9. The largest absolute Gasteiger partial charge is 0.418 e. The van der Waals surface area contributed by atoms with Gasteiger partial charge in [0, 0.05) is 22.6 Å². The van der Waals surface area contributed by atoms with Gasteiger partial charge < -0.3 is 15.5 Å². The number of carbonyl (C=O) groups is 1. The van der Waals surface area contributed by atoms with E-state index in [1.54, 1.807) is 24.3 Å². The summed E-state index contributed by atoms with van der Waals surface area (Å²) < 4.78 is 39.8. The van der Waals surface area contributed by atoms with Crippen molar-refractivity contribution in [1.82, 2.24) is 4.90 Å². The van der Waals surface area contributed by atoms with Crippen molar-refractivity contribution in [3.63, 3.8) is 0 Å². The third kappa shape index (κ3) is 7.27. The molecule has 0 aliphatic heterocycles. The molecule has 0 saturated heterocycles. The Balaban J connectivity index is 2.07. The summed E-state index contributed by atoms with van der Waals surface area (Å²) in [6.07, 6.45) is -5.60. The molecule has 0 fully saturated rings. The Labute approximate surface area is 179 Å². The molecule has 0 heterocycles. The quantitative estimate of drug-likeness (QED) is 0.516. The van der Waals surface area contributed by atoms with Gasteiger partial charge in [-0.1, -0.05) is 39.7 Å². The van der Waals surface area contributed by atoms with Gasteiger partial charge in [0.05, 0.1) is 30.5 Å². The molecule has 2 rings (SSSR count). The van der Waals surface area contributed by atoms with E-state index in [9.17, 15) is 28.2 Å². The van der Waals surface area contributed by atoms with Crippen LogP contribution in [-0.2, 0) is 11.0 Å². The van der Waals surface area contributed by atoms with Crippen molar-refractivity contribution in [1.29, 1.82) is 0 Å². The smallest absolute Gasteiger partial charge is 0.395 e. The second kappa shape index (κ2) is 10.4. The van der Waals surface area contributed by atoms with Crippen LogP contribution in [0.4, 0.5) is 18.9 Å². The first kappa shape index (κ1) is 23.6. The Hall–Kier alpha value is -1.65. The number of hydrogen-bond acceptors (Lipinski definition) is 4. The topological polar surface area (TPSA) is 72.8 Å². The van der Waals surface area contributed by atoms with Crippen molar-refractivity contribution in [2.75, 3.05) is 31.6 Å². The maximum Gasteiger partial charge on any atom is 0.418 e. The molecule has 0 aliphatic carbocycles. The highest BCUT2D eigenvalue weighted by molar-refractivity contribution is 9.10. The van der Waals surface area contributed by atoms with Crippen LogP contribution in [0, 0.1) is 0 Å². The molecule has 5 nitrogen and oxygen atoms in total. The number of rotatable bonds is 8. The molecule has 29 heavy (non-hydrogen) atoms. The first-order chi connectivity index (χ1) is 13.6. The first-order valence-corrected chi connectivity index (χ1v) is 9.70. The summed E-state index contributed by atoms with van der Waals surface area (Å²) in [6, 6.07) is 9.89. The van der Waals surface area contributed by atoms with Gasteiger partial charge in [0.25, 0.3) is 0 Å². The van der Waals surface area contributed by atoms with Gasteiger partial charge in [0.15, 0.2) is 0 Å². The lowest BCUT2D eigenvalue weighted by molar-refractivity contribution is -0.137. The average Bonchev–Trinajstić information content (AvgIpc) is 2.63. The minimum Gasteiger partial charge on any atom is -0.395 e. The molecule has 0 spiro atoms. The molecule has 1 amide bonds. The van der Waals surface area contributed by atoms with Crippen molar-refractivity contribution < 1.29 is 28.2 Å². The fourth-order valence-electron chi connectivity index (χ4n) is 2.66. The van der Waals surface area contributed by atoms with Gasteiger partial charge in [-0.05, 0) is 35.9 Å². The second-order valence-electron chi connectivity index (χ2n) is 6.26. The van der Waals surface area contributed by atoms with Crippen molar-refractivity contribution in [3.05, 3.63) is 63.1 Å². The summed E-state index contributed by atoms with van der Waals surface area (Å²) >= 11 is 8.80. The van der Waals surface area contributed by atoms with Crippen LogP contribution >= 0.6 is 27.5 Å². The molecule has 2 aromatic carbocycles. The standard InChI is InChI=1S/C19H19BrClF3N2O3/c20-13-3-6-16(15(9-13)19(22,23)24)25-18(29)11-26(7-8-27)10-17(28)12-1-4-14(21)5-2-12/h1-6,9,17,27-28H,7-8,10-11H2,(H,25,29). The van der Waals surface area contributed by atoms with Crippen LogP contribution in [0.5, 0.6) is 0 Å². The zero-order valence-electron chi connectivity index (χ0n) is 15.1. The van der Waals surface area contributed by atoms with Gasteiger partial charge in [-0.15, -0.1) is 0 Å². The molecular weight excluding hydrogens is 477 g/mol. The molecule has 0 radical (unpaired) electrons. The van der Waals surface area contributed by atoms with Crippen molar-refractivity contribution in [2.45, 2.75) is 12.3 Å². The minimum atomic E-state index is -4.64. The number of benzene rings is 2. The van der Waals surface area contributed by atoms with Gasteiger partial charge in [-0.3, -0.25) is 9.69 Å². The molecule has 3 N–H and O–H groups in total. The lowest BCUT2D eigenvalue weighted by Crippen LogP contribution is -2.38. The average molecular weight is 496 g/mol. The van der Waals surface area contributed by atoms with Gasteiger partial charge in [0.2, 0.25) is 5.91 Å². The number of alkyl halides is 3. The zero-order valence-corrected chi connectivity index (χ0v) is 17.4. The van der Waals surface area contributed by atoms with Gasteiger partial charge in [-0.2, -0.15) is 13.2 Å². The van der Waals surface area contributed by atoms with Gasteiger partial charge in [0.1, 0.15) is 0 Å². The highest BCUT2D eigenvalue weighted by Crippen LogP contribution is 2.36. The van der Waals surface area contributed by atoms with E-state index < -0.39 is 23.8 Å². The lowest BCUT2D eigenvalue weighted by atomic mass is 10.1. The number of hydrogen-bond donors (Lipinski definition) is 3. The number of aliphatic hydroxyl groups is 2. The molecule has 1 unspecified atom stereocenters. The third-order valence-electron chi connectivity index (χ3n) is 4.03. The summed E-state index contributed by atoms with van der Waals surface area (Å²) in [5.41, 5.74) is -0.784. The normalized spacial score (nSPS) is 12.8. The molecule has 1 atom stereocenters. The van der Waals surface area contributed by atoms with E-state index in [2.05, 4.69) is 21.2 Å². The summed E-state index contributed by atoms with van der Waals surface area (Å²) in [6.45, 7) is -0.530. The molecule has 0 aliphatic rings. The van der Waals surface area contributed by atoms with Crippen LogP contribution in [0.25, 0.3) is 0 Å². The van der Waals surface area contributed by atoms with E-state index in [1.165, 1.54) is 11.0 Å². The fraction of sp³-hybridized carbons (Fsp3) is 0.316. The summed E-state index contributed by atoms with van der Waals surface area (Å²) in [7, 11) is 0. The van der Waals surface area contributed by atoms with E-state index in [-0.39, 0.29) is 36.4 Å². The molecule has 0 bridgehead atoms. The van der Waals surface area contributed by atoms with Gasteiger partial charge in [-0.25, -0.2) is 0 Å². The van der Waals surface area contributed by atoms with Crippen LogP contribution in [0.15, 0.2) is 46.9 Å². The Morgan fingerprint density at radius 3 is 2.45 bits per heavy atom. The van der Waals surface area contributed by atoms with Crippen LogP contribution in [0.1, 0.15) is 17.2 Å². The maximum atomic E-state index is 13.2. The fourth-order valence-corrected chi connectivity index (χ4v) is 3.15. The Kier molecular flexibility index (Phi) is 8.47. The lowest BCUT2D eigenvalue weighted by Gasteiger charge is -2.24. The number of nitrogens with zero attached hydrogens (tertiary/aromatic N) is 1. The van der Waals surface area contributed by atoms with E-state index in [0.29, 0.717) is 10.6 Å². The predicted octanol–water partition coefficient (Wildman–Crippen LogP) is 4.09. The minimum absolute atomic E-state index is 0.00206. The van der Waals surface area contributed by atoms with Crippen molar-refractivity contribution >= 4 is 39.1 Å². The molecule has 0 aromatic heterocycles. The zero-order chi connectivity index (χ0) is 21.6. The SMILES string of the molecule is O=C(CN(CCO)CC(O)c1ccc(Cl)cc1)Nc1ccc(Br)cc1C(F)(F)F. The maximum absolute atomic E-state index is 13.2. The Bertz CT molecular complexity index is 834. The van der Waals surface area contributed by atoms with Crippen LogP contribution < -0.4 is 5.32 Å². The molecule has 2 aromatic rings. The number of nitrogens with one attached hydrogen (secondary N) is 1.